The number of nitriles is 1. The fourth-order valence-corrected chi connectivity index (χ4v) is 0.743. The molecule has 0 unspecified atom stereocenters. The molecular weight excluding hydrogens is 194 g/mol. The van der Waals surface area contributed by atoms with Gasteiger partial charge in [0.2, 0.25) is 0 Å². The number of hydrogen-bond donors (Lipinski definition) is 1. The molecule has 2 N–H and O–H groups in total. The van der Waals surface area contributed by atoms with Crippen LogP contribution in [-0.2, 0) is 0 Å². The highest BCUT2D eigenvalue weighted by Gasteiger charge is 1.96. The summed E-state index contributed by atoms with van der Waals surface area (Å²) in [5.74, 6) is 0. The third-order valence-corrected chi connectivity index (χ3v) is 1.66. The van der Waals surface area contributed by atoms with E-state index in [1.54, 1.807) is 6.07 Å². The molecule has 3 nitrogen and oxygen atoms in total. The Morgan fingerprint density at radius 3 is 2.90 bits per heavy atom. The highest BCUT2D eigenvalue weighted by Crippen LogP contribution is 2.15. The highest BCUT2D eigenvalue weighted by atomic mass is 79.9. The number of hydrogen-bond acceptors (Lipinski definition) is 3. The van der Waals surface area contributed by atoms with Crippen molar-refractivity contribution in [2.45, 2.75) is 0 Å². The summed E-state index contributed by atoms with van der Waals surface area (Å²) in [4.78, 5) is 3.82. The summed E-state index contributed by atoms with van der Waals surface area (Å²) < 4.78 is 0.575. The summed E-state index contributed by atoms with van der Waals surface area (Å²) in [5, 5.41) is 8.39. The zero-order valence-corrected chi connectivity index (χ0v) is 6.59. The van der Waals surface area contributed by atoms with Crippen LogP contribution in [0.2, 0.25) is 0 Å². The van der Waals surface area contributed by atoms with E-state index in [1.807, 2.05) is 6.07 Å². The molecule has 4 heteroatoms. The molecule has 0 aliphatic heterocycles. The molecule has 0 atom stereocenters. The SMILES string of the molecule is N#Cc1cnc(Br)c(N)c1. The molecule has 1 aromatic heterocycles. The van der Waals surface area contributed by atoms with Crippen molar-refractivity contribution in [1.82, 2.24) is 4.98 Å². The van der Waals surface area contributed by atoms with Gasteiger partial charge in [0.05, 0.1) is 11.3 Å². The van der Waals surface area contributed by atoms with Gasteiger partial charge in [-0.1, -0.05) is 0 Å². The van der Waals surface area contributed by atoms with E-state index < -0.39 is 0 Å². The van der Waals surface area contributed by atoms with Gasteiger partial charge in [-0.15, -0.1) is 0 Å². The van der Waals surface area contributed by atoms with Gasteiger partial charge in [-0.05, 0) is 22.0 Å². The van der Waals surface area contributed by atoms with Gasteiger partial charge in [0.1, 0.15) is 10.7 Å². The first-order valence-corrected chi connectivity index (χ1v) is 3.34. The molecule has 10 heavy (non-hydrogen) atoms. The summed E-state index contributed by atoms with van der Waals surface area (Å²) in [6.07, 6.45) is 1.46. The predicted octanol–water partition coefficient (Wildman–Crippen LogP) is 1.30. The van der Waals surface area contributed by atoms with Crippen molar-refractivity contribution in [1.29, 1.82) is 5.26 Å². The Hall–Kier alpha value is -1.08. The molecule has 0 aromatic carbocycles. The lowest BCUT2D eigenvalue weighted by Crippen LogP contribution is -1.89. The number of nitrogen functional groups attached to an aromatic ring is 1. The minimum Gasteiger partial charge on any atom is -0.397 e. The topological polar surface area (TPSA) is 62.7 Å². The summed E-state index contributed by atoms with van der Waals surface area (Å²) in [6.45, 7) is 0. The number of nitrogens with two attached hydrogens (primary N) is 1. The Labute approximate surface area is 66.6 Å². The zero-order valence-electron chi connectivity index (χ0n) is 5.00. The average molecular weight is 198 g/mol. The second kappa shape index (κ2) is 2.67. The lowest BCUT2D eigenvalue weighted by Gasteiger charge is -1.94. The first-order chi connectivity index (χ1) is 4.74. The Bertz CT molecular complexity index is 290. The molecule has 1 heterocycles. The number of anilines is 1. The molecule has 0 saturated heterocycles. The maximum atomic E-state index is 8.39. The monoisotopic (exact) mass is 197 g/mol. The van der Waals surface area contributed by atoms with Gasteiger partial charge in [0, 0.05) is 6.20 Å². The minimum atomic E-state index is 0.473. The molecule has 0 spiro atoms. The smallest absolute Gasteiger partial charge is 0.129 e. The maximum Gasteiger partial charge on any atom is 0.129 e. The Balaban J connectivity index is 3.20. The third kappa shape index (κ3) is 1.25. The summed E-state index contributed by atoms with van der Waals surface area (Å²) in [6, 6.07) is 3.50. The second-order valence-electron chi connectivity index (χ2n) is 1.72. The molecule has 0 fully saturated rings. The quantitative estimate of drug-likeness (QED) is 0.639. The molecule has 0 amide bonds. The van der Waals surface area contributed by atoms with E-state index in [0.717, 1.165) is 0 Å². The number of halogens is 1. The van der Waals surface area contributed by atoms with Gasteiger partial charge in [0.25, 0.3) is 0 Å². The van der Waals surface area contributed by atoms with Crippen molar-refractivity contribution in [3.8, 4) is 6.07 Å². The Morgan fingerprint density at radius 1 is 1.70 bits per heavy atom. The van der Waals surface area contributed by atoms with Gasteiger partial charge in [0.15, 0.2) is 0 Å². The minimum absolute atomic E-state index is 0.473. The van der Waals surface area contributed by atoms with E-state index in [1.165, 1.54) is 6.20 Å². The summed E-state index contributed by atoms with van der Waals surface area (Å²) in [5.41, 5.74) is 6.39. The molecule has 0 radical (unpaired) electrons. The van der Waals surface area contributed by atoms with Crippen LogP contribution in [0.25, 0.3) is 0 Å². The predicted molar refractivity (Wildman–Crippen MR) is 41.1 cm³/mol. The van der Waals surface area contributed by atoms with Gasteiger partial charge >= 0.3 is 0 Å². The van der Waals surface area contributed by atoms with Crippen LogP contribution in [0.1, 0.15) is 5.56 Å². The average Bonchev–Trinajstić information content (AvgIpc) is 1.95. The second-order valence-corrected chi connectivity index (χ2v) is 2.47. The maximum absolute atomic E-state index is 8.39. The van der Waals surface area contributed by atoms with Crippen molar-refractivity contribution >= 4 is 21.6 Å². The third-order valence-electron chi connectivity index (χ3n) is 0.995. The normalized spacial score (nSPS) is 8.80. The first-order valence-electron chi connectivity index (χ1n) is 2.55. The Kier molecular flexibility index (Phi) is 1.88. The standard InChI is InChI=1S/C6H4BrN3/c7-6-5(9)1-4(2-8)3-10-6/h1,3H,9H2. The van der Waals surface area contributed by atoms with Crippen LogP contribution >= 0.6 is 15.9 Å². The van der Waals surface area contributed by atoms with Crippen LogP contribution in [-0.4, -0.2) is 4.98 Å². The van der Waals surface area contributed by atoms with Crippen molar-refractivity contribution in [3.63, 3.8) is 0 Å². The number of nitrogens with zero attached hydrogens (tertiary/aromatic N) is 2. The molecule has 0 aliphatic rings. The van der Waals surface area contributed by atoms with Crippen molar-refractivity contribution < 1.29 is 0 Å². The van der Waals surface area contributed by atoms with Crippen LogP contribution in [0.4, 0.5) is 5.69 Å². The summed E-state index contributed by atoms with van der Waals surface area (Å²) in [7, 11) is 0. The highest BCUT2D eigenvalue weighted by molar-refractivity contribution is 9.10. The van der Waals surface area contributed by atoms with Gasteiger partial charge in [-0.3, -0.25) is 0 Å². The number of pyridine rings is 1. The lowest BCUT2D eigenvalue weighted by atomic mass is 10.3. The van der Waals surface area contributed by atoms with E-state index >= 15 is 0 Å². The molecular formula is C6H4BrN3. The zero-order chi connectivity index (χ0) is 7.56. The molecule has 0 saturated carbocycles. The van der Waals surface area contributed by atoms with Crippen LogP contribution in [0.3, 0.4) is 0 Å². The van der Waals surface area contributed by atoms with E-state index in [0.29, 0.717) is 15.9 Å². The Morgan fingerprint density at radius 2 is 2.40 bits per heavy atom. The fourth-order valence-electron chi connectivity index (χ4n) is 0.526. The molecule has 0 bridgehead atoms. The molecule has 1 aromatic rings. The van der Waals surface area contributed by atoms with E-state index in [4.69, 9.17) is 11.0 Å². The van der Waals surface area contributed by atoms with Crippen LogP contribution < -0.4 is 5.73 Å². The van der Waals surface area contributed by atoms with E-state index in [9.17, 15) is 0 Å². The molecule has 1 rings (SSSR count). The van der Waals surface area contributed by atoms with E-state index in [-0.39, 0.29) is 0 Å². The van der Waals surface area contributed by atoms with Gasteiger partial charge in [-0.2, -0.15) is 5.26 Å². The first kappa shape index (κ1) is 7.03. The number of rotatable bonds is 0. The lowest BCUT2D eigenvalue weighted by molar-refractivity contribution is 1.26. The van der Waals surface area contributed by atoms with Gasteiger partial charge in [-0.25, -0.2) is 4.98 Å². The van der Waals surface area contributed by atoms with Crippen molar-refractivity contribution in [2.75, 3.05) is 5.73 Å². The summed E-state index contributed by atoms with van der Waals surface area (Å²) >= 11 is 3.11. The molecule has 0 aliphatic carbocycles. The largest absolute Gasteiger partial charge is 0.397 e. The molecule has 50 valence electrons. The van der Waals surface area contributed by atoms with Crippen LogP contribution in [0.15, 0.2) is 16.9 Å². The fraction of sp³-hybridized carbons (Fsp3) is 0. The van der Waals surface area contributed by atoms with Crippen molar-refractivity contribution in [2.24, 2.45) is 0 Å². The van der Waals surface area contributed by atoms with Crippen molar-refractivity contribution in [3.05, 3.63) is 22.4 Å². The van der Waals surface area contributed by atoms with Gasteiger partial charge < -0.3 is 5.73 Å². The van der Waals surface area contributed by atoms with Crippen LogP contribution in [0, 0.1) is 11.3 Å². The van der Waals surface area contributed by atoms with E-state index in [2.05, 4.69) is 20.9 Å². The van der Waals surface area contributed by atoms with Crippen LogP contribution in [0.5, 0.6) is 0 Å². The number of aromatic nitrogens is 1.